The van der Waals surface area contributed by atoms with E-state index in [4.69, 9.17) is 0 Å². The molecule has 20 heavy (non-hydrogen) atoms. The smallest absolute Gasteiger partial charge is 0.155 e. The largest absolute Gasteiger partial charge is 0.308 e. The summed E-state index contributed by atoms with van der Waals surface area (Å²) in [5.74, 6) is 0. The standard InChI is InChI=1S/C14H20BrN5/c1-10-5-11(3-4-19(10)2)16-6-12-7-18-14-8-17-13(15)9-20(12)14/h7-11,16H,3-6H2,1-2H3. The number of rotatable bonds is 3. The highest BCUT2D eigenvalue weighted by Gasteiger charge is 2.22. The van der Waals surface area contributed by atoms with Crippen LogP contribution in [0, 0.1) is 0 Å². The second-order valence-electron chi connectivity index (χ2n) is 5.62. The van der Waals surface area contributed by atoms with Gasteiger partial charge in [0.1, 0.15) is 4.60 Å². The zero-order chi connectivity index (χ0) is 14.1. The number of nitrogens with one attached hydrogen (secondary N) is 1. The van der Waals surface area contributed by atoms with E-state index in [9.17, 15) is 0 Å². The molecule has 1 aliphatic heterocycles. The Morgan fingerprint density at radius 1 is 1.40 bits per heavy atom. The highest BCUT2D eigenvalue weighted by molar-refractivity contribution is 9.10. The molecule has 0 spiro atoms. The molecule has 5 nitrogen and oxygen atoms in total. The van der Waals surface area contributed by atoms with Gasteiger partial charge in [0.25, 0.3) is 0 Å². The van der Waals surface area contributed by atoms with Crippen molar-refractivity contribution >= 4 is 21.6 Å². The van der Waals surface area contributed by atoms with Crippen molar-refractivity contribution in [2.75, 3.05) is 13.6 Å². The van der Waals surface area contributed by atoms with Crippen LogP contribution in [0.1, 0.15) is 25.5 Å². The predicted molar refractivity (Wildman–Crippen MR) is 82.6 cm³/mol. The Morgan fingerprint density at radius 2 is 2.25 bits per heavy atom. The van der Waals surface area contributed by atoms with Crippen LogP contribution in [0.25, 0.3) is 5.65 Å². The molecule has 3 rings (SSSR count). The first-order chi connectivity index (χ1) is 9.63. The van der Waals surface area contributed by atoms with E-state index < -0.39 is 0 Å². The van der Waals surface area contributed by atoms with E-state index in [0.29, 0.717) is 12.1 Å². The molecule has 0 aromatic carbocycles. The monoisotopic (exact) mass is 337 g/mol. The fourth-order valence-electron chi connectivity index (χ4n) is 2.77. The van der Waals surface area contributed by atoms with Crippen LogP contribution in [-0.2, 0) is 6.54 Å². The van der Waals surface area contributed by atoms with Crippen LogP contribution in [0.15, 0.2) is 23.2 Å². The molecule has 2 aromatic heterocycles. The molecule has 1 saturated heterocycles. The lowest BCUT2D eigenvalue weighted by molar-refractivity contribution is 0.168. The van der Waals surface area contributed by atoms with E-state index in [0.717, 1.165) is 16.8 Å². The number of piperidine rings is 1. The number of fused-ring (bicyclic) bond motifs is 1. The number of hydrogen-bond donors (Lipinski definition) is 1. The summed E-state index contributed by atoms with van der Waals surface area (Å²) in [6, 6.07) is 1.25. The van der Waals surface area contributed by atoms with Crippen molar-refractivity contribution < 1.29 is 0 Å². The Balaban J connectivity index is 1.67. The maximum Gasteiger partial charge on any atom is 0.155 e. The zero-order valence-corrected chi connectivity index (χ0v) is 13.5. The number of imidazole rings is 1. The van der Waals surface area contributed by atoms with E-state index in [2.05, 4.69) is 54.5 Å². The van der Waals surface area contributed by atoms with Crippen LogP contribution in [0.4, 0.5) is 0 Å². The third kappa shape index (κ3) is 2.87. The van der Waals surface area contributed by atoms with Crippen molar-refractivity contribution in [3.8, 4) is 0 Å². The minimum Gasteiger partial charge on any atom is -0.308 e. The van der Waals surface area contributed by atoms with Crippen molar-refractivity contribution in [1.82, 2.24) is 24.6 Å². The van der Waals surface area contributed by atoms with Crippen LogP contribution in [0.3, 0.4) is 0 Å². The van der Waals surface area contributed by atoms with Crippen molar-refractivity contribution in [3.63, 3.8) is 0 Å². The van der Waals surface area contributed by atoms with E-state index in [1.807, 2.05) is 12.4 Å². The fourth-order valence-corrected chi connectivity index (χ4v) is 3.08. The predicted octanol–water partition coefficient (Wildman–Crippen LogP) is 2.06. The van der Waals surface area contributed by atoms with Crippen molar-refractivity contribution in [1.29, 1.82) is 0 Å². The third-order valence-electron chi connectivity index (χ3n) is 4.22. The topological polar surface area (TPSA) is 45.5 Å². The summed E-state index contributed by atoms with van der Waals surface area (Å²) < 4.78 is 2.92. The number of aromatic nitrogens is 3. The molecular formula is C14H20BrN5. The molecule has 2 atom stereocenters. The van der Waals surface area contributed by atoms with Gasteiger partial charge in [0.15, 0.2) is 5.65 Å². The Bertz CT molecular complexity index is 596. The minimum absolute atomic E-state index is 0.594. The lowest BCUT2D eigenvalue weighted by Gasteiger charge is -2.35. The van der Waals surface area contributed by atoms with Gasteiger partial charge in [-0.25, -0.2) is 9.97 Å². The van der Waals surface area contributed by atoms with Gasteiger partial charge in [0, 0.05) is 24.8 Å². The van der Waals surface area contributed by atoms with Gasteiger partial charge in [-0.15, -0.1) is 0 Å². The molecule has 0 amide bonds. The van der Waals surface area contributed by atoms with Gasteiger partial charge in [-0.2, -0.15) is 0 Å². The van der Waals surface area contributed by atoms with Crippen LogP contribution < -0.4 is 5.32 Å². The Labute approximate surface area is 127 Å². The van der Waals surface area contributed by atoms with Gasteiger partial charge in [0.05, 0.1) is 18.1 Å². The van der Waals surface area contributed by atoms with E-state index in [1.165, 1.54) is 25.1 Å². The Hall–Kier alpha value is -0.980. The van der Waals surface area contributed by atoms with Gasteiger partial charge >= 0.3 is 0 Å². The van der Waals surface area contributed by atoms with E-state index in [1.54, 1.807) is 6.20 Å². The summed E-state index contributed by atoms with van der Waals surface area (Å²) in [6.45, 7) is 4.31. The molecule has 1 aliphatic rings. The molecule has 0 aliphatic carbocycles. The SMILES string of the molecule is CC1CC(NCc2cnc3cnc(Br)cn23)CCN1C. The highest BCUT2D eigenvalue weighted by atomic mass is 79.9. The lowest BCUT2D eigenvalue weighted by Crippen LogP contribution is -2.45. The molecule has 0 saturated carbocycles. The number of likely N-dealkylation sites (tertiary alicyclic amines) is 1. The lowest BCUT2D eigenvalue weighted by atomic mass is 9.99. The number of hydrogen-bond acceptors (Lipinski definition) is 4. The molecule has 3 heterocycles. The molecule has 1 N–H and O–H groups in total. The Kier molecular flexibility index (Phi) is 4.05. The van der Waals surface area contributed by atoms with Crippen LogP contribution in [0.2, 0.25) is 0 Å². The van der Waals surface area contributed by atoms with Crippen molar-refractivity contribution in [3.05, 3.63) is 28.9 Å². The molecule has 0 bridgehead atoms. The first-order valence-corrected chi connectivity index (χ1v) is 7.84. The maximum atomic E-state index is 4.38. The summed E-state index contributed by atoms with van der Waals surface area (Å²) >= 11 is 3.41. The number of halogens is 1. The number of nitrogens with zero attached hydrogens (tertiary/aromatic N) is 4. The maximum absolute atomic E-state index is 4.38. The normalized spacial score (nSPS) is 24.4. The first-order valence-electron chi connectivity index (χ1n) is 7.04. The summed E-state index contributed by atoms with van der Waals surface area (Å²) in [5.41, 5.74) is 2.07. The molecule has 1 fully saturated rings. The van der Waals surface area contributed by atoms with Gasteiger partial charge in [-0.1, -0.05) is 0 Å². The minimum atomic E-state index is 0.594. The molecule has 108 valence electrons. The average Bonchev–Trinajstić information content (AvgIpc) is 2.82. The highest BCUT2D eigenvalue weighted by Crippen LogP contribution is 2.16. The molecule has 2 unspecified atom stereocenters. The van der Waals surface area contributed by atoms with Gasteiger partial charge in [-0.3, -0.25) is 4.40 Å². The van der Waals surface area contributed by atoms with Crippen LogP contribution in [0.5, 0.6) is 0 Å². The van der Waals surface area contributed by atoms with Gasteiger partial charge < -0.3 is 10.2 Å². The molecule has 0 radical (unpaired) electrons. The average molecular weight is 338 g/mol. The quantitative estimate of drug-likeness (QED) is 0.931. The van der Waals surface area contributed by atoms with Crippen molar-refractivity contribution in [2.45, 2.75) is 38.4 Å². The summed E-state index contributed by atoms with van der Waals surface area (Å²) in [7, 11) is 2.20. The fraction of sp³-hybridized carbons (Fsp3) is 0.571. The molecule has 2 aromatic rings. The van der Waals surface area contributed by atoms with E-state index >= 15 is 0 Å². The third-order valence-corrected chi connectivity index (χ3v) is 4.63. The van der Waals surface area contributed by atoms with Crippen molar-refractivity contribution in [2.24, 2.45) is 0 Å². The second kappa shape index (κ2) is 5.79. The summed E-state index contributed by atoms with van der Waals surface area (Å²) in [6.07, 6.45) is 8.10. The van der Waals surface area contributed by atoms with Gasteiger partial charge in [0.2, 0.25) is 0 Å². The van der Waals surface area contributed by atoms with Gasteiger partial charge in [-0.05, 0) is 49.3 Å². The van der Waals surface area contributed by atoms with Crippen LogP contribution in [-0.4, -0.2) is 44.9 Å². The zero-order valence-electron chi connectivity index (χ0n) is 11.9. The first kappa shape index (κ1) is 14.0. The summed E-state index contributed by atoms with van der Waals surface area (Å²) in [5, 5.41) is 3.66. The summed E-state index contributed by atoms with van der Waals surface area (Å²) in [4.78, 5) is 11.0. The Morgan fingerprint density at radius 3 is 3.05 bits per heavy atom. The van der Waals surface area contributed by atoms with E-state index in [-0.39, 0.29) is 0 Å². The van der Waals surface area contributed by atoms with Crippen LogP contribution >= 0.6 is 15.9 Å². The molecule has 6 heteroatoms. The second-order valence-corrected chi connectivity index (χ2v) is 6.43. The molecular weight excluding hydrogens is 318 g/mol.